The van der Waals surface area contributed by atoms with Crippen LogP contribution in [-0.2, 0) is 0 Å². The molecular weight excluding hydrogens is 180 g/mol. The highest BCUT2D eigenvalue weighted by atomic mass is 32.2. The van der Waals surface area contributed by atoms with Crippen LogP contribution in [0.4, 0.5) is 0 Å². The largest absolute Gasteiger partial charge is 0.329 e. The van der Waals surface area contributed by atoms with Gasteiger partial charge in [0.05, 0.1) is 0 Å². The van der Waals surface area contributed by atoms with Gasteiger partial charge in [-0.25, -0.2) is 0 Å². The van der Waals surface area contributed by atoms with E-state index >= 15 is 0 Å². The average Bonchev–Trinajstić information content (AvgIpc) is 2.03. The van der Waals surface area contributed by atoms with E-state index in [1.54, 1.807) is 0 Å². The monoisotopic (exact) mass is 202 g/mol. The fraction of sp³-hybridized carbons (Fsp3) is 1.00. The third kappa shape index (κ3) is 3.49. The second kappa shape index (κ2) is 4.20. The van der Waals surface area contributed by atoms with Crippen molar-refractivity contribution in [3.05, 3.63) is 0 Å². The van der Waals surface area contributed by atoms with Crippen LogP contribution in [0.2, 0.25) is 0 Å². The molecule has 13 heavy (non-hydrogen) atoms. The summed E-state index contributed by atoms with van der Waals surface area (Å²) in [5, 5.41) is 3.68. The molecule has 0 saturated carbocycles. The van der Waals surface area contributed by atoms with E-state index in [1.165, 1.54) is 24.3 Å². The van der Waals surface area contributed by atoms with Crippen LogP contribution in [0.25, 0.3) is 0 Å². The molecule has 1 aliphatic rings. The van der Waals surface area contributed by atoms with Gasteiger partial charge in [-0.15, -0.1) is 0 Å². The van der Waals surface area contributed by atoms with Crippen molar-refractivity contribution >= 4 is 11.8 Å². The quantitative estimate of drug-likeness (QED) is 0.714. The van der Waals surface area contributed by atoms with Crippen molar-refractivity contribution in [3.63, 3.8) is 0 Å². The topological polar surface area (TPSA) is 38.0 Å². The molecule has 1 atom stereocenters. The first-order chi connectivity index (χ1) is 5.97. The molecule has 0 aromatic carbocycles. The van der Waals surface area contributed by atoms with Crippen molar-refractivity contribution in [1.82, 2.24) is 5.32 Å². The lowest BCUT2D eigenvalue weighted by Crippen LogP contribution is -2.60. The summed E-state index contributed by atoms with van der Waals surface area (Å²) in [4.78, 5) is 0. The van der Waals surface area contributed by atoms with Gasteiger partial charge >= 0.3 is 0 Å². The molecule has 78 valence electrons. The van der Waals surface area contributed by atoms with Crippen LogP contribution in [0, 0.1) is 0 Å². The molecule has 0 bridgehead atoms. The zero-order valence-electron chi connectivity index (χ0n) is 9.02. The zero-order valence-corrected chi connectivity index (χ0v) is 9.84. The first-order valence-electron chi connectivity index (χ1n) is 5.05. The minimum Gasteiger partial charge on any atom is -0.329 e. The molecule has 1 aliphatic heterocycles. The Bertz CT molecular complexity index is 157. The molecule has 0 amide bonds. The van der Waals surface area contributed by atoms with Crippen molar-refractivity contribution < 1.29 is 0 Å². The predicted octanol–water partition coefficient (Wildman–Crippen LogP) is 1.60. The van der Waals surface area contributed by atoms with E-state index in [1.807, 2.05) is 11.8 Å². The van der Waals surface area contributed by atoms with Crippen molar-refractivity contribution in [3.8, 4) is 0 Å². The first-order valence-corrected chi connectivity index (χ1v) is 6.20. The van der Waals surface area contributed by atoms with Gasteiger partial charge in [0.15, 0.2) is 0 Å². The van der Waals surface area contributed by atoms with Crippen molar-refractivity contribution in [2.45, 2.75) is 44.7 Å². The third-order valence-corrected chi connectivity index (χ3v) is 3.69. The zero-order chi connectivity index (χ0) is 9.95. The van der Waals surface area contributed by atoms with E-state index in [4.69, 9.17) is 5.73 Å². The van der Waals surface area contributed by atoms with E-state index in [0.717, 1.165) is 6.54 Å². The van der Waals surface area contributed by atoms with Crippen LogP contribution in [0.15, 0.2) is 0 Å². The van der Waals surface area contributed by atoms with Gasteiger partial charge in [-0.2, -0.15) is 11.8 Å². The molecule has 0 aromatic heterocycles. The van der Waals surface area contributed by atoms with E-state index in [9.17, 15) is 0 Å². The maximum absolute atomic E-state index is 5.87. The Morgan fingerprint density at radius 3 is 2.54 bits per heavy atom. The van der Waals surface area contributed by atoms with Crippen LogP contribution in [0.3, 0.4) is 0 Å². The normalized spacial score (nSPS) is 30.5. The summed E-state index contributed by atoms with van der Waals surface area (Å²) in [7, 11) is 0. The summed E-state index contributed by atoms with van der Waals surface area (Å²) in [6.45, 7) is 7.40. The summed E-state index contributed by atoms with van der Waals surface area (Å²) in [5.74, 6) is 2.47. The lowest BCUT2D eigenvalue weighted by Gasteiger charge is -2.42. The number of nitrogens with two attached hydrogens (primary N) is 1. The number of hydrogen-bond donors (Lipinski definition) is 2. The highest BCUT2D eigenvalue weighted by molar-refractivity contribution is 7.99. The van der Waals surface area contributed by atoms with Gasteiger partial charge in [0.2, 0.25) is 0 Å². The summed E-state index contributed by atoms with van der Waals surface area (Å²) in [6.07, 6.45) is 2.53. The van der Waals surface area contributed by atoms with Gasteiger partial charge in [-0.05, 0) is 39.4 Å². The lowest BCUT2D eigenvalue weighted by atomic mass is 9.91. The fourth-order valence-corrected chi connectivity index (χ4v) is 3.18. The predicted molar refractivity (Wildman–Crippen MR) is 61.2 cm³/mol. The molecule has 1 unspecified atom stereocenters. The highest BCUT2D eigenvalue weighted by Gasteiger charge is 2.33. The van der Waals surface area contributed by atoms with E-state index in [-0.39, 0.29) is 11.1 Å². The fourth-order valence-electron chi connectivity index (χ4n) is 1.96. The highest BCUT2D eigenvalue weighted by Crippen LogP contribution is 2.27. The second-order valence-corrected chi connectivity index (χ2v) is 6.12. The van der Waals surface area contributed by atoms with E-state index in [2.05, 4.69) is 26.1 Å². The van der Waals surface area contributed by atoms with Crippen LogP contribution in [0.1, 0.15) is 33.6 Å². The molecule has 3 N–H and O–H groups in total. The van der Waals surface area contributed by atoms with Gasteiger partial charge in [-0.1, -0.05) is 0 Å². The Morgan fingerprint density at radius 1 is 1.46 bits per heavy atom. The summed E-state index contributed by atoms with van der Waals surface area (Å²) >= 11 is 2.02. The Balaban J connectivity index is 2.57. The number of thioether (sulfide) groups is 1. The standard InChI is InChI=1S/C10H22N2S/c1-9(2,3)12-10(7-11)5-4-6-13-8-10/h12H,4-8,11H2,1-3H3. The third-order valence-electron chi connectivity index (χ3n) is 2.35. The summed E-state index contributed by atoms with van der Waals surface area (Å²) in [5.41, 5.74) is 6.24. The number of hydrogen-bond acceptors (Lipinski definition) is 3. The second-order valence-electron chi connectivity index (χ2n) is 5.02. The SMILES string of the molecule is CC(C)(C)NC1(CN)CCCSC1. The maximum Gasteiger partial charge on any atom is 0.0399 e. The van der Waals surface area contributed by atoms with Crippen LogP contribution < -0.4 is 11.1 Å². The molecule has 0 aliphatic carbocycles. The first kappa shape index (κ1) is 11.3. The Hall–Kier alpha value is 0.270. The molecule has 0 spiro atoms. The van der Waals surface area contributed by atoms with Gasteiger partial charge in [0.1, 0.15) is 0 Å². The van der Waals surface area contributed by atoms with E-state index in [0.29, 0.717) is 0 Å². The van der Waals surface area contributed by atoms with Crippen molar-refractivity contribution in [1.29, 1.82) is 0 Å². The molecule has 1 fully saturated rings. The molecule has 1 saturated heterocycles. The van der Waals surface area contributed by atoms with Gasteiger partial charge < -0.3 is 11.1 Å². The van der Waals surface area contributed by atoms with Crippen molar-refractivity contribution in [2.24, 2.45) is 5.73 Å². The Morgan fingerprint density at radius 2 is 2.15 bits per heavy atom. The molecule has 1 rings (SSSR count). The average molecular weight is 202 g/mol. The molecule has 1 heterocycles. The molecule has 3 heteroatoms. The minimum atomic E-state index is 0.178. The number of rotatable bonds is 2. The molecule has 2 nitrogen and oxygen atoms in total. The smallest absolute Gasteiger partial charge is 0.0399 e. The van der Waals surface area contributed by atoms with E-state index < -0.39 is 0 Å². The van der Waals surface area contributed by atoms with Gasteiger partial charge in [0.25, 0.3) is 0 Å². The maximum atomic E-state index is 5.87. The Labute approximate surface area is 86.0 Å². The van der Waals surface area contributed by atoms with Gasteiger partial charge in [0, 0.05) is 23.4 Å². The van der Waals surface area contributed by atoms with Crippen LogP contribution in [0.5, 0.6) is 0 Å². The van der Waals surface area contributed by atoms with Gasteiger partial charge in [-0.3, -0.25) is 0 Å². The number of nitrogens with one attached hydrogen (secondary N) is 1. The summed E-state index contributed by atoms with van der Waals surface area (Å²) < 4.78 is 0. The van der Waals surface area contributed by atoms with Crippen molar-refractivity contribution in [2.75, 3.05) is 18.1 Å². The Kier molecular flexibility index (Phi) is 3.66. The molecule has 0 aromatic rings. The molecular formula is C10H22N2S. The minimum absolute atomic E-state index is 0.178. The van der Waals surface area contributed by atoms with Crippen LogP contribution >= 0.6 is 11.8 Å². The lowest BCUT2D eigenvalue weighted by molar-refractivity contribution is 0.253. The summed E-state index contributed by atoms with van der Waals surface area (Å²) in [6, 6.07) is 0. The van der Waals surface area contributed by atoms with Crippen LogP contribution in [-0.4, -0.2) is 29.1 Å². The molecule has 0 radical (unpaired) electrons.